The van der Waals surface area contributed by atoms with Crippen molar-refractivity contribution in [3.63, 3.8) is 0 Å². The Morgan fingerprint density at radius 1 is 0.857 bits per heavy atom. The Morgan fingerprint density at radius 2 is 1.40 bits per heavy atom. The summed E-state index contributed by atoms with van der Waals surface area (Å²) in [7, 11) is 0. The number of hydrogen-bond donors (Lipinski definition) is 8. The second-order valence-corrected chi connectivity index (χ2v) is 7.97. The summed E-state index contributed by atoms with van der Waals surface area (Å²) >= 11 is 4.04. The van der Waals surface area contributed by atoms with Gasteiger partial charge in [0.05, 0.1) is 12.5 Å². The van der Waals surface area contributed by atoms with Crippen LogP contribution in [0.25, 0.3) is 0 Å². The van der Waals surface area contributed by atoms with Gasteiger partial charge in [-0.05, 0) is 18.4 Å². The molecule has 14 heteroatoms. The summed E-state index contributed by atoms with van der Waals surface area (Å²) < 4.78 is 0. The highest BCUT2D eigenvalue weighted by atomic mass is 32.1. The van der Waals surface area contributed by atoms with E-state index in [-0.39, 0.29) is 25.0 Å². The highest BCUT2D eigenvalue weighted by Crippen LogP contribution is 2.04. The third-order valence-corrected chi connectivity index (χ3v) is 5.12. The number of nitrogens with one attached hydrogen (secondary N) is 3. The molecule has 35 heavy (non-hydrogen) atoms. The Bertz CT molecular complexity index is 930. The second kappa shape index (κ2) is 14.6. The van der Waals surface area contributed by atoms with Crippen molar-refractivity contribution >= 4 is 48.2 Å². The van der Waals surface area contributed by atoms with Gasteiger partial charge >= 0.3 is 11.9 Å². The molecule has 0 heterocycles. The molecular formula is C21H29N5O8S. The van der Waals surface area contributed by atoms with E-state index in [1.807, 2.05) is 11.4 Å². The van der Waals surface area contributed by atoms with Crippen molar-refractivity contribution in [2.24, 2.45) is 11.5 Å². The lowest BCUT2D eigenvalue weighted by molar-refractivity contribution is -0.147. The molecule has 13 nitrogen and oxygen atoms in total. The number of carboxylic acid groups (broad SMARTS) is 2. The molecule has 0 radical (unpaired) electrons. The maximum Gasteiger partial charge on any atom is 0.326 e. The number of primary amides is 1. The fraction of sp³-hybridized carbons (Fsp3) is 0.429. The quantitative estimate of drug-likeness (QED) is 0.119. The van der Waals surface area contributed by atoms with E-state index in [0.29, 0.717) is 0 Å². The summed E-state index contributed by atoms with van der Waals surface area (Å²) in [6.07, 6.45) is -1.34. The lowest BCUT2D eigenvalue weighted by Crippen LogP contribution is -2.58. The molecule has 1 rings (SSSR count). The van der Waals surface area contributed by atoms with Gasteiger partial charge in [0.25, 0.3) is 0 Å². The summed E-state index contributed by atoms with van der Waals surface area (Å²) in [5.74, 6) is -6.57. The first-order chi connectivity index (χ1) is 16.4. The van der Waals surface area contributed by atoms with Gasteiger partial charge in [-0.2, -0.15) is 12.6 Å². The van der Waals surface area contributed by atoms with Gasteiger partial charge in [0.1, 0.15) is 18.1 Å². The summed E-state index contributed by atoms with van der Waals surface area (Å²) in [4.78, 5) is 71.0. The van der Waals surface area contributed by atoms with E-state index in [9.17, 15) is 28.8 Å². The van der Waals surface area contributed by atoms with Crippen molar-refractivity contribution in [3.8, 4) is 0 Å². The molecule has 0 spiro atoms. The summed E-state index contributed by atoms with van der Waals surface area (Å²) in [5.41, 5.74) is 11.8. The van der Waals surface area contributed by atoms with Crippen LogP contribution in [0.15, 0.2) is 30.3 Å². The van der Waals surface area contributed by atoms with Crippen LogP contribution in [-0.4, -0.2) is 75.7 Å². The first kappa shape index (κ1) is 29.4. The monoisotopic (exact) mass is 511 g/mol. The van der Waals surface area contributed by atoms with Gasteiger partial charge in [0.15, 0.2) is 0 Å². The van der Waals surface area contributed by atoms with E-state index >= 15 is 0 Å². The Morgan fingerprint density at radius 3 is 1.91 bits per heavy atom. The van der Waals surface area contributed by atoms with Crippen molar-refractivity contribution in [1.29, 1.82) is 0 Å². The van der Waals surface area contributed by atoms with Crippen LogP contribution in [0.4, 0.5) is 0 Å². The smallest absolute Gasteiger partial charge is 0.326 e. The number of thiol groups is 1. The zero-order valence-electron chi connectivity index (χ0n) is 18.7. The number of amides is 4. The molecule has 4 atom stereocenters. The number of carboxylic acids is 2. The van der Waals surface area contributed by atoms with Crippen LogP contribution in [0.3, 0.4) is 0 Å². The van der Waals surface area contributed by atoms with E-state index in [2.05, 4.69) is 23.3 Å². The van der Waals surface area contributed by atoms with Crippen LogP contribution in [0.5, 0.6) is 0 Å². The minimum Gasteiger partial charge on any atom is -0.481 e. The van der Waals surface area contributed by atoms with Gasteiger partial charge in [0.2, 0.25) is 23.6 Å². The van der Waals surface area contributed by atoms with Crippen LogP contribution >= 0.6 is 12.6 Å². The van der Waals surface area contributed by atoms with Crippen LogP contribution < -0.4 is 27.4 Å². The molecule has 0 saturated carbocycles. The van der Waals surface area contributed by atoms with Crippen molar-refractivity contribution in [2.75, 3.05) is 5.75 Å². The highest BCUT2D eigenvalue weighted by Gasteiger charge is 2.31. The van der Waals surface area contributed by atoms with Crippen molar-refractivity contribution in [2.45, 2.75) is 49.9 Å². The number of rotatable bonds is 15. The summed E-state index contributed by atoms with van der Waals surface area (Å²) in [5, 5.41) is 24.7. The van der Waals surface area contributed by atoms with Crippen molar-refractivity contribution in [1.82, 2.24) is 16.0 Å². The third kappa shape index (κ3) is 10.9. The predicted octanol–water partition coefficient (Wildman–Crippen LogP) is -2.23. The van der Waals surface area contributed by atoms with Crippen LogP contribution in [0, 0.1) is 0 Å². The Balaban J connectivity index is 2.87. The zero-order chi connectivity index (χ0) is 26.5. The van der Waals surface area contributed by atoms with E-state index < -0.39 is 66.2 Å². The number of hydrogen-bond acceptors (Lipinski definition) is 8. The number of benzene rings is 1. The molecule has 0 fully saturated rings. The normalized spacial score (nSPS) is 14.0. The molecule has 0 bridgehead atoms. The van der Waals surface area contributed by atoms with Crippen molar-refractivity contribution < 1.29 is 39.0 Å². The number of carbonyl (C=O) groups is 6. The zero-order valence-corrected chi connectivity index (χ0v) is 19.6. The Hall–Kier alpha value is -3.65. The molecule has 0 aliphatic heterocycles. The molecule has 192 valence electrons. The molecule has 0 saturated heterocycles. The van der Waals surface area contributed by atoms with E-state index in [4.69, 9.17) is 21.7 Å². The number of aliphatic carboxylic acids is 2. The van der Waals surface area contributed by atoms with Gasteiger partial charge in [0, 0.05) is 12.2 Å². The summed E-state index contributed by atoms with van der Waals surface area (Å²) in [6.45, 7) is 0. The molecular weight excluding hydrogens is 482 g/mol. The molecule has 9 N–H and O–H groups in total. The number of carbonyl (C=O) groups excluding carboxylic acids is 4. The largest absolute Gasteiger partial charge is 0.481 e. The maximum atomic E-state index is 12.7. The SMILES string of the molecule is NC(=O)CCC(NC(=O)C(CS)NC(=O)C(N)Cc1ccccc1)C(=O)NC(CC(=O)O)C(=O)O. The predicted molar refractivity (Wildman–Crippen MR) is 126 cm³/mol. The second-order valence-electron chi connectivity index (χ2n) is 7.60. The average Bonchev–Trinajstić information content (AvgIpc) is 2.79. The molecule has 0 aromatic heterocycles. The lowest BCUT2D eigenvalue weighted by Gasteiger charge is -2.24. The van der Waals surface area contributed by atoms with Crippen molar-refractivity contribution in [3.05, 3.63) is 35.9 Å². The van der Waals surface area contributed by atoms with Gasteiger partial charge in [-0.3, -0.25) is 24.0 Å². The molecule has 1 aromatic rings. The van der Waals surface area contributed by atoms with Gasteiger partial charge in [-0.25, -0.2) is 4.79 Å². The fourth-order valence-corrected chi connectivity index (χ4v) is 3.17. The van der Waals surface area contributed by atoms with E-state index in [1.54, 1.807) is 24.3 Å². The molecule has 0 aliphatic rings. The fourth-order valence-electron chi connectivity index (χ4n) is 2.91. The minimum absolute atomic E-state index is 0.170. The van der Waals surface area contributed by atoms with Gasteiger partial charge < -0.3 is 37.6 Å². The van der Waals surface area contributed by atoms with Crippen LogP contribution in [0.2, 0.25) is 0 Å². The van der Waals surface area contributed by atoms with Crippen LogP contribution in [0.1, 0.15) is 24.8 Å². The highest BCUT2D eigenvalue weighted by molar-refractivity contribution is 7.80. The Labute approximate surface area is 206 Å². The molecule has 1 aromatic carbocycles. The first-order valence-corrected chi connectivity index (χ1v) is 11.1. The Kier molecular flexibility index (Phi) is 12.2. The van der Waals surface area contributed by atoms with E-state index in [0.717, 1.165) is 5.56 Å². The number of nitrogens with two attached hydrogens (primary N) is 2. The first-order valence-electron chi connectivity index (χ1n) is 10.5. The van der Waals surface area contributed by atoms with Crippen LogP contribution in [-0.2, 0) is 35.2 Å². The molecule has 4 unspecified atom stereocenters. The van der Waals surface area contributed by atoms with E-state index in [1.165, 1.54) is 0 Å². The summed E-state index contributed by atoms with van der Waals surface area (Å²) in [6, 6.07) is 3.53. The third-order valence-electron chi connectivity index (χ3n) is 4.76. The van der Waals surface area contributed by atoms with Gasteiger partial charge in [-0.15, -0.1) is 0 Å². The maximum absolute atomic E-state index is 12.7. The topological polar surface area (TPSA) is 231 Å². The molecule has 0 aliphatic carbocycles. The minimum atomic E-state index is -1.77. The lowest BCUT2D eigenvalue weighted by atomic mass is 10.1. The average molecular weight is 512 g/mol. The molecule has 4 amide bonds. The van der Waals surface area contributed by atoms with Gasteiger partial charge in [-0.1, -0.05) is 30.3 Å². The standard InChI is InChI=1S/C21H29N5O8S/c22-12(8-11-4-2-1-3-5-11)18(30)26-15(10-35)20(32)24-13(6-7-16(23)27)19(31)25-14(21(33)34)9-17(28)29/h1-5,12-15,35H,6-10,22H2,(H2,23,27)(H,24,32)(H,25,31)(H,26,30)(H,28,29)(H,33,34).